The maximum absolute atomic E-state index is 12.6. The molecule has 0 radical (unpaired) electrons. The molecule has 2 heterocycles. The largest absolute Gasteiger partial charge is 0.480 e. The fraction of sp³-hybridized carbons (Fsp3) is 0.257. The predicted octanol–water partition coefficient (Wildman–Crippen LogP) is 7.43. The van der Waals surface area contributed by atoms with Gasteiger partial charge in [0.25, 0.3) is 0 Å². The average molecular weight is 563 g/mol. The summed E-state index contributed by atoms with van der Waals surface area (Å²) in [7, 11) is 0. The van der Waals surface area contributed by atoms with Gasteiger partial charge < -0.3 is 14.3 Å². The highest BCUT2D eigenvalue weighted by Gasteiger charge is 2.37. The van der Waals surface area contributed by atoms with Crippen LogP contribution in [0, 0.1) is 0 Å². The highest BCUT2D eigenvalue weighted by molar-refractivity contribution is 6.09. The van der Waals surface area contributed by atoms with Crippen molar-refractivity contribution in [2.45, 2.75) is 39.0 Å². The lowest BCUT2D eigenvalue weighted by Crippen LogP contribution is -2.58. The number of rotatable bonds is 5. The summed E-state index contributed by atoms with van der Waals surface area (Å²) in [5, 5.41) is 12.0. The van der Waals surface area contributed by atoms with Gasteiger partial charge in [0.15, 0.2) is 0 Å². The number of benzene rings is 4. The topological polar surface area (TPSA) is 83.2 Å². The lowest BCUT2D eigenvalue weighted by Gasteiger charge is -2.39. The lowest BCUT2D eigenvalue weighted by atomic mass is 9.98. The molecule has 1 fully saturated rings. The Balaban J connectivity index is 1.14. The molecule has 0 spiro atoms. The molecule has 1 aromatic heterocycles. The van der Waals surface area contributed by atoms with Gasteiger partial charge in [-0.3, -0.25) is 9.80 Å². The zero-order chi connectivity index (χ0) is 29.4. The number of piperazine rings is 1. The first kappa shape index (κ1) is 27.5. The zero-order valence-corrected chi connectivity index (χ0v) is 24.0. The molecule has 1 saturated heterocycles. The number of nitrogens with zero attached hydrogens (tertiary/aromatic N) is 2. The Morgan fingerprint density at radius 3 is 2.17 bits per heavy atom. The summed E-state index contributed by atoms with van der Waals surface area (Å²) in [5.74, 6) is -1.03. The van der Waals surface area contributed by atoms with Gasteiger partial charge in [0.2, 0.25) is 0 Å². The van der Waals surface area contributed by atoms with E-state index in [0.717, 1.165) is 49.8 Å². The first-order valence-electron chi connectivity index (χ1n) is 14.2. The molecule has 1 unspecified atom stereocenters. The van der Waals surface area contributed by atoms with Gasteiger partial charge in [0.05, 0.1) is 0 Å². The number of hydrogen-bond donors (Lipinski definition) is 1. The molecule has 1 atom stereocenters. The summed E-state index contributed by atoms with van der Waals surface area (Å²) >= 11 is 0. The van der Waals surface area contributed by atoms with Gasteiger partial charge in [-0.25, -0.2) is 9.59 Å². The molecule has 42 heavy (non-hydrogen) atoms. The van der Waals surface area contributed by atoms with Crippen molar-refractivity contribution in [3.8, 4) is 22.3 Å². The van der Waals surface area contributed by atoms with Crippen LogP contribution >= 0.6 is 0 Å². The summed E-state index contributed by atoms with van der Waals surface area (Å²) in [6, 6.07) is 30.3. The zero-order valence-electron chi connectivity index (χ0n) is 24.0. The number of hydrogen-bond acceptors (Lipinski definition) is 5. The molecule has 7 nitrogen and oxygen atoms in total. The molecule has 0 aliphatic carbocycles. The first-order valence-corrected chi connectivity index (χ1v) is 14.2. The Morgan fingerprint density at radius 2 is 1.48 bits per heavy atom. The average Bonchev–Trinajstić information content (AvgIpc) is 3.36. The van der Waals surface area contributed by atoms with E-state index in [9.17, 15) is 14.7 Å². The Bertz CT molecular complexity index is 1750. The van der Waals surface area contributed by atoms with Gasteiger partial charge in [-0.15, -0.1) is 0 Å². The number of ether oxygens (including phenoxy) is 1. The molecule has 214 valence electrons. The van der Waals surface area contributed by atoms with E-state index < -0.39 is 23.7 Å². The van der Waals surface area contributed by atoms with Crippen LogP contribution < -0.4 is 0 Å². The number of para-hydroxylation sites is 2. The van der Waals surface area contributed by atoms with E-state index in [0.29, 0.717) is 19.6 Å². The summed E-state index contributed by atoms with van der Waals surface area (Å²) in [5.41, 5.74) is 6.57. The Morgan fingerprint density at radius 1 is 0.833 bits per heavy atom. The number of amides is 1. The van der Waals surface area contributed by atoms with Crippen molar-refractivity contribution in [2.24, 2.45) is 0 Å². The monoisotopic (exact) mass is 562 g/mol. The van der Waals surface area contributed by atoms with Crippen LogP contribution in [0.3, 0.4) is 0 Å². The van der Waals surface area contributed by atoms with E-state index in [2.05, 4.69) is 77.7 Å². The van der Waals surface area contributed by atoms with Gasteiger partial charge >= 0.3 is 12.1 Å². The normalized spacial score (nSPS) is 16.2. The number of carboxylic acids is 1. The van der Waals surface area contributed by atoms with Crippen molar-refractivity contribution < 1.29 is 23.8 Å². The third-order valence-corrected chi connectivity index (χ3v) is 7.67. The van der Waals surface area contributed by atoms with Crippen molar-refractivity contribution in [2.75, 3.05) is 19.6 Å². The fourth-order valence-electron chi connectivity index (χ4n) is 5.61. The number of carbonyl (C=O) groups is 2. The number of aliphatic carboxylic acids is 1. The molecule has 0 bridgehead atoms. The second-order valence-electron chi connectivity index (χ2n) is 11.8. The van der Waals surface area contributed by atoms with Crippen LogP contribution in [0.2, 0.25) is 0 Å². The minimum Gasteiger partial charge on any atom is -0.480 e. The van der Waals surface area contributed by atoms with E-state index in [-0.39, 0.29) is 6.54 Å². The summed E-state index contributed by atoms with van der Waals surface area (Å²) in [6.07, 6.45) is -0.584. The second kappa shape index (κ2) is 11.0. The molecule has 6 rings (SSSR count). The number of furan rings is 1. The van der Waals surface area contributed by atoms with Crippen LogP contribution in [0.25, 0.3) is 44.2 Å². The van der Waals surface area contributed by atoms with Crippen LogP contribution in [0.1, 0.15) is 26.3 Å². The number of carboxylic acid groups (broad SMARTS) is 1. The van der Waals surface area contributed by atoms with Gasteiger partial charge in [-0.05, 0) is 49.1 Å². The van der Waals surface area contributed by atoms with Crippen LogP contribution in [-0.2, 0) is 16.1 Å². The standard InChI is InChI=1S/C35H34N2O5/c1-35(2,3)42-34(40)37-20-19-36(22-30(37)33(38)39)21-23-11-13-24(14-12-23)25-15-17-26(18-16-25)27-8-6-9-29-28-7-4-5-10-31(28)41-32(27)29/h4-18,30H,19-22H2,1-3H3,(H,38,39). The van der Waals surface area contributed by atoms with E-state index in [1.807, 2.05) is 18.2 Å². The molecular formula is C35H34N2O5. The molecule has 1 aliphatic rings. The Kier molecular flexibility index (Phi) is 7.21. The van der Waals surface area contributed by atoms with E-state index in [1.165, 1.54) is 4.90 Å². The van der Waals surface area contributed by atoms with E-state index in [1.54, 1.807) is 20.8 Å². The van der Waals surface area contributed by atoms with Crippen LogP contribution in [0.4, 0.5) is 4.79 Å². The van der Waals surface area contributed by atoms with Crippen molar-refractivity contribution in [3.63, 3.8) is 0 Å². The van der Waals surface area contributed by atoms with Crippen LogP contribution in [0.15, 0.2) is 95.4 Å². The van der Waals surface area contributed by atoms with Crippen molar-refractivity contribution in [3.05, 3.63) is 96.6 Å². The van der Waals surface area contributed by atoms with Crippen molar-refractivity contribution in [1.29, 1.82) is 0 Å². The molecule has 1 amide bonds. The van der Waals surface area contributed by atoms with Crippen LogP contribution in [0.5, 0.6) is 0 Å². The summed E-state index contributed by atoms with van der Waals surface area (Å²) in [4.78, 5) is 27.9. The SMILES string of the molecule is CC(C)(C)OC(=O)N1CCN(Cc2ccc(-c3ccc(-c4cccc5c4oc4ccccc45)cc3)cc2)CC1C(=O)O. The third kappa shape index (κ3) is 5.60. The summed E-state index contributed by atoms with van der Waals surface area (Å²) < 4.78 is 11.7. The first-order chi connectivity index (χ1) is 20.2. The highest BCUT2D eigenvalue weighted by Crippen LogP contribution is 2.36. The maximum atomic E-state index is 12.6. The van der Waals surface area contributed by atoms with Crippen LogP contribution in [-0.4, -0.2) is 58.2 Å². The van der Waals surface area contributed by atoms with E-state index in [4.69, 9.17) is 9.15 Å². The van der Waals surface area contributed by atoms with Gasteiger partial charge in [0.1, 0.15) is 22.8 Å². The maximum Gasteiger partial charge on any atom is 0.411 e. The van der Waals surface area contributed by atoms with Gasteiger partial charge in [-0.1, -0.05) is 84.9 Å². The molecule has 1 aliphatic heterocycles. The second-order valence-corrected chi connectivity index (χ2v) is 11.8. The smallest absolute Gasteiger partial charge is 0.411 e. The van der Waals surface area contributed by atoms with Gasteiger partial charge in [0, 0.05) is 42.5 Å². The lowest BCUT2D eigenvalue weighted by molar-refractivity contribution is -0.145. The van der Waals surface area contributed by atoms with E-state index >= 15 is 0 Å². The Labute approximate surface area is 244 Å². The Hall–Kier alpha value is -4.62. The fourth-order valence-corrected chi connectivity index (χ4v) is 5.61. The quantitative estimate of drug-likeness (QED) is 0.240. The molecule has 7 heteroatoms. The molecule has 0 saturated carbocycles. The molecule has 4 aromatic carbocycles. The highest BCUT2D eigenvalue weighted by atomic mass is 16.6. The minimum absolute atomic E-state index is 0.246. The molecular weight excluding hydrogens is 528 g/mol. The third-order valence-electron chi connectivity index (χ3n) is 7.67. The predicted molar refractivity (Wildman–Crippen MR) is 164 cm³/mol. The molecule has 5 aromatic rings. The molecule has 1 N–H and O–H groups in total. The summed E-state index contributed by atoms with van der Waals surface area (Å²) in [6.45, 7) is 7.05. The van der Waals surface area contributed by atoms with Gasteiger partial charge in [-0.2, -0.15) is 0 Å². The minimum atomic E-state index is -1.03. The number of fused-ring (bicyclic) bond motifs is 3. The van der Waals surface area contributed by atoms with Crippen molar-refractivity contribution >= 4 is 34.0 Å². The number of carbonyl (C=O) groups excluding carboxylic acids is 1. The van der Waals surface area contributed by atoms with Crippen molar-refractivity contribution in [1.82, 2.24) is 9.80 Å².